The van der Waals surface area contributed by atoms with Gasteiger partial charge in [0.05, 0.1) is 6.20 Å². The van der Waals surface area contributed by atoms with Crippen LogP contribution in [-0.2, 0) is 9.53 Å². The summed E-state index contributed by atoms with van der Waals surface area (Å²) in [5.74, 6) is -0.654. The number of nitrogens with one attached hydrogen (secondary N) is 1. The third-order valence-corrected chi connectivity index (χ3v) is 7.72. The Hall–Kier alpha value is -4.32. The summed E-state index contributed by atoms with van der Waals surface area (Å²) in [5, 5.41) is 14.4. The minimum Gasteiger partial charge on any atom is -0.444 e. The molecule has 0 unspecified atom stereocenters. The molecule has 0 spiro atoms. The van der Waals surface area contributed by atoms with E-state index in [1.165, 1.54) is 15.5 Å². The number of carbonyl (C=O) groups excluding carboxylic acids is 2. The predicted molar refractivity (Wildman–Crippen MR) is 158 cm³/mol. The normalized spacial score (nSPS) is 17.4. The summed E-state index contributed by atoms with van der Waals surface area (Å²) >= 11 is 0. The molecular formula is C31H37FN6O5. The largest absolute Gasteiger partial charge is 0.444 e. The van der Waals surface area contributed by atoms with Crippen molar-refractivity contribution in [3.05, 3.63) is 71.0 Å². The van der Waals surface area contributed by atoms with Gasteiger partial charge in [0.15, 0.2) is 5.82 Å². The predicted octanol–water partition coefficient (Wildman–Crippen LogP) is 3.60. The Kier molecular flexibility index (Phi) is 8.50. The van der Waals surface area contributed by atoms with Crippen molar-refractivity contribution in [2.24, 2.45) is 0 Å². The highest BCUT2D eigenvalue weighted by atomic mass is 19.1. The van der Waals surface area contributed by atoms with Crippen molar-refractivity contribution in [2.75, 3.05) is 31.5 Å². The summed E-state index contributed by atoms with van der Waals surface area (Å²) in [6.45, 7) is 6.72. The van der Waals surface area contributed by atoms with Gasteiger partial charge in [0.1, 0.15) is 16.9 Å². The number of hydrogen-bond donors (Lipinski definition) is 2. The third kappa shape index (κ3) is 7.02. The Bertz CT molecular complexity index is 1540. The number of amides is 2. The third-order valence-electron chi connectivity index (χ3n) is 7.72. The second-order valence-corrected chi connectivity index (χ2v) is 12.1. The molecule has 2 aliphatic rings. The van der Waals surface area contributed by atoms with Crippen LogP contribution < -0.4 is 10.9 Å². The smallest absolute Gasteiger partial charge is 0.410 e. The molecule has 2 aromatic heterocycles. The molecule has 5 rings (SSSR count). The minimum absolute atomic E-state index is 0.0553. The van der Waals surface area contributed by atoms with Crippen LogP contribution in [-0.4, -0.2) is 84.9 Å². The number of anilines is 1. The number of benzene rings is 1. The molecular weight excluding hydrogens is 555 g/mol. The number of halogens is 1. The van der Waals surface area contributed by atoms with Crippen molar-refractivity contribution in [1.29, 1.82) is 0 Å². The van der Waals surface area contributed by atoms with Crippen LogP contribution in [0.2, 0.25) is 0 Å². The number of pyridine rings is 1. The topological polar surface area (TPSA) is 130 Å². The molecule has 0 bridgehead atoms. The summed E-state index contributed by atoms with van der Waals surface area (Å²) in [4.78, 5) is 49.6. The molecule has 0 atom stereocenters. The highest BCUT2D eigenvalue weighted by Gasteiger charge is 2.44. The van der Waals surface area contributed by atoms with Crippen LogP contribution in [0, 0.1) is 5.82 Å². The molecule has 12 heteroatoms. The zero-order chi connectivity index (χ0) is 30.8. The fourth-order valence-electron chi connectivity index (χ4n) is 5.39. The maximum atomic E-state index is 14.8. The van der Waals surface area contributed by atoms with E-state index in [0.29, 0.717) is 37.2 Å². The van der Waals surface area contributed by atoms with Gasteiger partial charge >= 0.3 is 6.09 Å². The van der Waals surface area contributed by atoms with Gasteiger partial charge in [-0.1, -0.05) is 18.2 Å². The number of rotatable bonds is 5. The van der Waals surface area contributed by atoms with E-state index in [9.17, 15) is 23.9 Å². The summed E-state index contributed by atoms with van der Waals surface area (Å²) in [6.07, 6.45) is 3.80. The van der Waals surface area contributed by atoms with E-state index in [1.54, 1.807) is 68.3 Å². The maximum absolute atomic E-state index is 14.8. The lowest BCUT2D eigenvalue weighted by atomic mass is 9.89. The Balaban J connectivity index is 1.18. The second kappa shape index (κ2) is 12.1. The van der Waals surface area contributed by atoms with Gasteiger partial charge in [-0.05, 0) is 51.8 Å². The minimum atomic E-state index is -1.52. The van der Waals surface area contributed by atoms with Crippen LogP contribution in [0.25, 0.3) is 16.9 Å². The molecule has 228 valence electrons. The van der Waals surface area contributed by atoms with Crippen LogP contribution in [0.5, 0.6) is 0 Å². The number of ether oxygens (including phenoxy) is 1. The highest BCUT2D eigenvalue weighted by molar-refractivity contribution is 5.85. The number of aliphatic hydroxyl groups is 1. The lowest BCUT2D eigenvalue weighted by molar-refractivity contribution is -0.157. The lowest BCUT2D eigenvalue weighted by Gasteiger charge is -2.41. The second-order valence-electron chi connectivity index (χ2n) is 12.1. The molecule has 2 saturated heterocycles. The molecule has 3 aromatic rings. The number of likely N-dealkylation sites (tertiary alicyclic amines) is 2. The van der Waals surface area contributed by atoms with Crippen molar-refractivity contribution >= 4 is 17.9 Å². The van der Waals surface area contributed by atoms with Gasteiger partial charge in [0, 0.05) is 68.6 Å². The molecule has 0 saturated carbocycles. The number of nitrogens with zero attached hydrogens (tertiary/aromatic N) is 5. The SMILES string of the molecule is CC(C)(C)OC(=O)N1CCC(O)(C(=O)N2CCC(Nc3ncc(F)c(-c4cccc(-n5ccccc5=O)c4)n3)CC2)CC1. The van der Waals surface area contributed by atoms with E-state index < -0.39 is 23.1 Å². The summed E-state index contributed by atoms with van der Waals surface area (Å²) < 4.78 is 21.7. The number of hydrogen-bond acceptors (Lipinski definition) is 8. The van der Waals surface area contributed by atoms with Gasteiger partial charge in [0.25, 0.3) is 11.5 Å². The van der Waals surface area contributed by atoms with Gasteiger partial charge in [0.2, 0.25) is 5.95 Å². The monoisotopic (exact) mass is 592 g/mol. The van der Waals surface area contributed by atoms with Crippen molar-refractivity contribution in [1.82, 2.24) is 24.3 Å². The Morgan fingerprint density at radius 3 is 2.44 bits per heavy atom. The average molecular weight is 593 g/mol. The molecule has 4 heterocycles. The highest BCUT2D eigenvalue weighted by Crippen LogP contribution is 2.28. The number of piperidine rings is 2. The zero-order valence-electron chi connectivity index (χ0n) is 24.6. The van der Waals surface area contributed by atoms with Crippen molar-refractivity contribution in [3.63, 3.8) is 0 Å². The molecule has 2 N–H and O–H groups in total. The Morgan fingerprint density at radius 2 is 1.77 bits per heavy atom. The van der Waals surface area contributed by atoms with E-state index in [-0.39, 0.29) is 55.1 Å². The van der Waals surface area contributed by atoms with E-state index in [1.807, 2.05) is 0 Å². The lowest BCUT2D eigenvalue weighted by Crippen LogP contribution is -2.57. The van der Waals surface area contributed by atoms with Crippen LogP contribution in [0.15, 0.2) is 59.7 Å². The van der Waals surface area contributed by atoms with E-state index in [0.717, 1.165) is 6.20 Å². The van der Waals surface area contributed by atoms with Crippen LogP contribution in [0.4, 0.5) is 15.1 Å². The van der Waals surface area contributed by atoms with E-state index in [2.05, 4.69) is 15.3 Å². The number of aromatic nitrogens is 3. The molecule has 2 aliphatic heterocycles. The van der Waals surface area contributed by atoms with Crippen LogP contribution in [0.3, 0.4) is 0 Å². The quantitative estimate of drug-likeness (QED) is 0.460. The van der Waals surface area contributed by atoms with Crippen molar-refractivity contribution in [2.45, 2.75) is 63.7 Å². The molecule has 11 nitrogen and oxygen atoms in total. The standard InChI is InChI=1S/C31H37FN6O5/c1-30(2,3)43-29(41)37-17-12-31(42,13-18-37)27(40)36-15-10-22(11-16-36)34-28-33-20-24(32)26(35-28)21-7-6-8-23(19-21)38-14-5-4-9-25(38)39/h4-9,14,19-20,22,42H,10-13,15-18H2,1-3H3,(H,33,34,35). The first-order valence-electron chi connectivity index (χ1n) is 14.5. The van der Waals surface area contributed by atoms with Crippen molar-refractivity contribution < 1.29 is 23.8 Å². The van der Waals surface area contributed by atoms with E-state index >= 15 is 0 Å². The Labute approximate surface area is 249 Å². The zero-order valence-corrected chi connectivity index (χ0v) is 24.6. The van der Waals surface area contributed by atoms with E-state index in [4.69, 9.17) is 4.74 Å². The van der Waals surface area contributed by atoms with Gasteiger partial charge in [-0.25, -0.2) is 19.2 Å². The fourth-order valence-corrected chi connectivity index (χ4v) is 5.39. The summed E-state index contributed by atoms with van der Waals surface area (Å²) in [7, 11) is 0. The Morgan fingerprint density at radius 1 is 1.05 bits per heavy atom. The maximum Gasteiger partial charge on any atom is 0.410 e. The molecule has 2 fully saturated rings. The fraction of sp³-hybridized carbons (Fsp3) is 0.452. The number of carbonyl (C=O) groups is 2. The molecule has 0 aliphatic carbocycles. The summed E-state index contributed by atoms with van der Waals surface area (Å²) in [5.41, 5.74) is -1.14. The van der Waals surface area contributed by atoms with Crippen LogP contribution in [0.1, 0.15) is 46.5 Å². The summed E-state index contributed by atoms with van der Waals surface area (Å²) in [6, 6.07) is 11.7. The molecule has 2 amide bonds. The van der Waals surface area contributed by atoms with Gasteiger partial charge < -0.3 is 25.0 Å². The average Bonchev–Trinajstić information content (AvgIpc) is 2.98. The van der Waals surface area contributed by atoms with Crippen LogP contribution >= 0.6 is 0 Å². The van der Waals surface area contributed by atoms with Crippen molar-refractivity contribution in [3.8, 4) is 16.9 Å². The van der Waals surface area contributed by atoms with Gasteiger partial charge in [-0.15, -0.1) is 0 Å². The van der Waals surface area contributed by atoms with Gasteiger partial charge in [-0.3, -0.25) is 14.2 Å². The first kappa shape index (κ1) is 30.1. The first-order valence-corrected chi connectivity index (χ1v) is 14.5. The molecule has 1 aromatic carbocycles. The first-order chi connectivity index (χ1) is 20.4. The molecule has 43 heavy (non-hydrogen) atoms. The van der Waals surface area contributed by atoms with Gasteiger partial charge in [-0.2, -0.15) is 0 Å². The molecule has 0 radical (unpaired) electrons.